The minimum atomic E-state index is -0.172. The van der Waals surface area contributed by atoms with Crippen LogP contribution in [0.15, 0.2) is 78.9 Å². The summed E-state index contributed by atoms with van der Waals surface area (Å²) >= 11 is 0. The number of carbonyl (C=O) groups excluding carboxylic acids is 1. The Morgan fingerprint density at radius 1 is 0.933 bits per heavy atom. The summed E-state index contributed by atoms with van der Waals surface area (Å²) in [6.07, 6.45) is 0. The molecule has 0 aromatic heterocycles. The molecule has 1 heterocycles. The van der Waals surface area contributed by atoms with Crippen LogP contribution in [-0.4, -0.2) is 39.1 Å². The SMILES string of the molecule is C[NH+]1CCN(c2ccc(NC(=O)c3ccccc3OCc3ccccc3)cc2)CC1. The Balaban J connectivity index is 1.40. The Hall–Kier alpha value is -3.31. The number of hydrogen-bond donors (Lipinski definition) is 2. The maximum absolute atomic E-state index is 12.9. The van der Waals surface area contributed by atoms with Crippen molar-refractivity contribution in [1.82, 2.24) is 0 Å². The average Bonchev–Trinajstić information content (AvgIpc) is 2.80. The summed E-state index contributed by atoms with van der Waals surface area (Å²) < 4.78 is 5.92. The molecule has 0 bridgehead atoms. The highest BCUT2D eigenvalue weighted by molar-refractivity contribution is 6.06. The minimum absolute atomic E-state index is 0.172. The molecular formula is C25H28N3O2+. The fraction of sp³-hybridized carbons (Fsp3) is 0.240. The molecule has 1 saturated heterocycles. The third-order valence-electron chi connectivity index (χ3n) is 5.48. The van der Waals surface area contributed by atoms with E-state index in [2.05, 4.69) is 29.4 Å². The van der Waals surface area contributed by atoms with Crippen LogP contribution in [0.25, 0.3) is 0 Å². The summed E-state index contributed by atoms with van der Waals surface area (Å²) in [5.74, 6) is 0.407. The molecular weight excluding hydrogens is 374 g/mol. The van der Waals surface area contributed by atoms with Crippen molar-refractivity contribution in [1.29, 1.82) is 0 Å². The zero-order valence-corrected chi connectivity index (χ0v) is 17.3. The first kappa shape index (κ1) is 20.0. The Morgan fingerprint density at radius 3 is 2.33 bits per heavy atom. The number of carbonyl (C=O) groups is 1. The van der Waals surface area contributed by atoms with Crippen molar-refractivity contribution < 1.29 is 14.4 Å². The molecule has 0 aliphatic carbocycles. The van der Waals surface area contributed by atoms with Crippen molar-refractivity contribution in [3.63, 3.8) is 0 Å². The third-order valence-corrected chi connectivity index (χ3v) is 5.48. The lowest BCUT2D eigenvalue weighted by Crippen LogP contribution is -3.12. The van der Waals surface area contributed by atoms with Crippen LogP contribution < -0.4 is 19.9 Å². The molecule has 0 atom stereocenters. The van der Waals surface area contributed by atoms with Gasteiger partial charge in [0, 0.05) is 11.4 Å². The number of nitrogens with one attached hydrogen (secondary N) is 2. The molecule has 5 heteroatoms. The number of ether oxygens (including phenoxy) is 1. The summed E-state index contributed by atoms with van der Waals surface area (Å²) in [5.41, 5.74) is 3.57. The van der Waals surface area contributed by atoms with Gasteiger partial charge in [0.15, 0.2) is 0 Å². The number of benzene rings is 3. The number of anilines is 2. The first-order valence-electron chi connectivity index (χ1n) is 10.4. The monoisotopic (exact) mass is 402 g/mol. The normalized spacial score (nSPS) is 14.4. The van der Waals surface area contributed by atoms with E-state index >= 15 is 0 Å². The molecule has 30 heavy (non-hydrogen) atoms. The van der Waals surface area contributed by atoms with E-state index in [1.807, 2.05) is 60.7 Å². The maximum atomic E-state index is 12.9. The number of piperazine rings is 1. The number of quaternary nitrogens is 1. The number of likely N-dealkylation sites (N-methyl/N-ethyl adjacent to an activating group) is 1. The molecule has 0 radical (unpaired) electrons. The lowest BCUT2D eigenvalue weighted by atomic mass is 10.1. The second kappa shape index (κ2) is 9.46. The van der Waals surface area contributed by atoms with E-state index < -0.39 is 0 Å². The first-order valence-corrected chi connectivity index (χ1v) is 10.4. The smallest absolute Gasteiger partial charge is 0.259 e. The lowest BCUT2D eigenvalue weighted by molar-refractivity contribution is -0.880. The van der Waals surface area contributed by atoms with E-state index in [0.29, 0.717) is 17.9 Å². The molecule has 1 aliphatic heterocycles. The topological polar surface area (TPSA) is 46.0 Å². The predicted octanol–water partition coefficient (Wildman–Crippen LogP) is 2.85. The minimum Gasteiger partial charge on any atom is -0.488 e. The molecule has 1 fully saturated rings. The summed E-state index contributed by atoms with van der Waals surface area (Å²) in [6.45, 7) is 4.84. The molecule has 0 spiro atoms. The number of hydrogen-bond acceptors (Lipinski definition) is 3. The van der Waals surface area contributed by atoms with Crippen LogP contribution in [0.4, 0.5) is 11.4 Å². The largest absolute Gasteiger partial charge is 0.488 e. The van der Waals surface area contributed by atoms with Crippen LogP contribution in [0, 0.1) is 0 Å². The van der Waals surface area contributed by atoms with E-state index in [9.17, 15) is 4.79 Å². The lowest BCUT2D eigenvalue weighted by Gasteiger charge is -2.31. The van der Waals surface area contributed by atoms with Gasteiger partial charge in [-0.05, 0) is 42.0 Å². The van der Waals surface area contributed by atoms with Crippen LogP contribution in [0.1, 0.15) is 15.9 Å². The zero-order valence-electron chi connectivity index (χ0n) is 17.3. The van der Waals surface area contributed by atoms with Gasteiger partial charge in [-0.2, -0.15) is 0 Å². The van der Waals surface area contributed by atoms with Crippen molar-refractivity contribution in [2.75, 3.05) is 43.4 Å². The maximum Gasteiger partial charge on any atom is 0.259 e. The Kier molecular flexibility index (Phi) is 6.30. The molecule has 1 amide bonds. The quantitative estimate of drug-likeness (QED) is 0.667. The molecule has 1 aliphatic rings. The molecule has 2 N–H and O–H groups in total. The molecule has 0 unspecified atom stereocenters. The molecule has 3 aromatic carbocycles. The standard InChI is InChI=1S/C25H27N3O2/c1-27-15-17-28(18-16-27)22-13-11-21(12-14-22)26-25(29)23-9-5-6-10-24(23)30-19-20-7-3-2-4-8-20/h2-14H,15-19H2,1H3,(H,26,29)/p+1. The Labute approximate surface area is 177 Å². The highest BCUT2D eigenvalue weighted by Crippen LogP contribution is 2.22. The number of amides is 1. The van der Waals surface area contributed by atoms with E-state index in [4.69, 9.17) is 4.74 Å². The van der Waals surface area contributed by atoms with Crippen molar-refractivity contribution in [2.45, 2.75) is 6.61 Å². The summed E-state index contributed by atoms with van der Waals surface area (Å²) in [5, 5.41) is 2.99. The van der Waals surface area contributed by atoms with Crippen molar-refractivity contribution in [2.24, 2.45) is 0 Å². The average molecular weight is 403 g/mol. The summed E-state index contributed by atoms with van der Waals surface area (Å²) in [6, 6.07) is 25.4. The van der Waals surface area contributed by atoms with E-state index in [0.717, 1.165) is 37.4 Å². The van der Waals surface area contributed by atoms with Gasteiger partial charge in [-0.3, -0.25) is 4.79 Å². The summed E-state index contributed by atoms with van der Waals surface area (Å²) in [7, 11) is 2.23. The highest BCUT2D eigenvalue weighted by atomic mass is 16.5. The van der Waals surface area contributed by atoms with Crippen molar-refractivity contribution in [3.8, 4) is 5.75 Å². The van der Waals surface area contributed by atoms with Gasteiger partial charge in [0.1, 0.15) is 12.4 Å². The molecule has 3 aromatic rings. The third kappa shape index (κ3) is 4.99. The first-order chi connectivity index (χ1) is 14.7. The van der Waals surface area contributed by atoms with Crippen LogP contribution in [-0.2, 0) is 6.61 Å². The van der Waals surface area contributed by atoms with Gasteiger partial charge in [-0.1, -0.05) is 42.5 Å². The van der Waals surface area contributed by atoms with Gasteiger partial charge in [-0.25, -0.2) is 0 Å². The molecule has 4 rings (SSSR count). The van der Waals surface area contributed by atoms with Crippen LogP contribution >= 0.6 is 0 Å². The number of nitrogens with zero attached hydrogens (tertiary/aromatic N) is 1. The number of rotatable bonds is 6. The van der Waals surface area contributed by atoms with Crippen molar-refractivity contribution >= 4 is 17.3 Å². The van der Waals surface area contributed by atoms with Gasteiger partial charge in [0.2, 0.25) is 0 Å². The van der Waals surface area contributed by atoms with Gasteiger partial charge in [0.05, 0.1) is 38.8 Å². The van der Waals surface area contributed by atoms with Gasteiger partial charge >= 0.3 is 0 Å². The molecule has 154 valence electrons. The Morgan fingerprint density at radius 2 is 1.60 bits per heavy atom. The predicted molar refractivity (Wildman–Crippen MR) is 120 cm³/mol. The van der Waals surface area contributed by atoms with Crippen LogP contribution in [0.5, 0.6) is 5.75 Å². The second-order valence-corrected chi connectivity index (χ2v) is 7.72. The summed E-state index contributed by atoms with van der Waals surface area (Å²) in [4.78, 5) is 16.8. The van der Waals surface area contributed by atoms with E-state index in [1.165, 1.54) is 5.69 Å². The fourth-order valence-corrected chi connectivity index (χ4v) is 3.62. The highest BCUT2D eigenvalue weighted by Gasteiger charge is 2.17. The number of para-hydroxylation sites is 1. The second-order valence-electron chi connectivity index (χ2n) is 7.72. The molecule has 5 nitrogen and oxygen atoms in total. The Bertz CT molecular complexity index is 965. The van der Waals surface area contributed by atoms with E-state index in [-0.39, 0.29) is 5.91 Å². The zero-order chi connectivity index (χ0) is 20.8. The van der Waals surface area contributed by atoms with Crippen LogP contribution in [0.2, 0.25) is 0 Å². The van der Waals surface area contributed by atoms with Gasteiger partial charge in [0.25, 0.3) is 5.91 Å². The van der Waals surface area contributed by atoms with Gasteiger partial charge < -0.3 is 19.9 Å². The van der Waals surface area contributed by atoms with Crippen molar-refractivity contribution in [3.05, 3.63) is 90.0 Å². The fourth-order valence-electron chi connectivity index (χ4n) is 3.62. The van der Waals surface area contributed by atoms with Gasteiger partial charge in [-0.15, -0.1) is 0 Å². The molecule has 0 saturated carbocycles. The van der Waals surface area contributed by atoms with E-state index in [1.54, 1.807) is 11.0 Å². The van der Waals surface area contributed by atoms with Crippen LogP contribution in [0.3, 0.4) is 0 Å².